The number of carbonyl (C=O) groups is 2. The third kappa shape index (κ3) is 3.95. The van der Waals surface area contributed by atoms with E-state index in [1.807, 2.05) is 0 Å². The maximum absolute atomic E-state index is 12.4. The first-order valence-corrected chi connectivity index (χ1v) is 9.66. The normalized spacial score (nSPS) is 21.5. The minimum Gasteiger partial charge on any atom is -0.481 e. The first-order chi connectivity index (χ1) is 11.2. The number of sulfone groups is 1. The Bertz CT molecular complexity index is 726. The van der Waals surface area contributed by atoms with E-state index in [2.05, 4.69) is 0 Å². The highest BCUT2D eigenvalue weighted by Crippen LogP contribution is 2.30. The topological polar surface area (TPSA) is 91.8 Å². The van der Waals surface area contributed by atoms with E-state index in [4.69, 9.17) is 0 Å². The van der Waals surface area contributed by atoms with E-state index in [0.29, 0.717) is 19.4 Å². The Morgan fingerprint density at radius 1 is 1.25 bits per heavy atom. The molecule has 1 fully saturated rings. The zero-order chi connectivity index (χ0) is 18.0. The number of aliphatic carboxylic acids is 1. The van der Waals surface area contributed by atoms with Gasteiger partial charge in [-0.2, -0.15) is 0 Å². The average Bonchev–Trinajstić information content (AvgIpc) is 2.55. The second-order valence-corrected chi connectivity index (χ2v) is 8.79. The predicted molar refractivity (Wildman–Crippen MR) is 89.4 cm³/mol. The van der Waals surface area contributed by atoms with Crippen molar-refractivity contribution in [3.8, 4) is 0 Å². The van der Waals surface area contributed by atoms with Crippen LogP contribution in [0.2, 0.25) is 0 Å². The van der Waals surface area contributed by atoms with Crippen molar-refractivity contribution in [3.05, 3.63) is 29.8 Å². The average molecular weight is 353 g/mol. The lowest BCUT2D eigenvalue weighted by atomic mass is 9.82. The van der Waals surface area contributed by atoms with Gasteiger partial charge in [0.2, 0.25) is 5.91 Å². The van der Waals surface area contributed by atoms with Crippen molar-refractivity contribution in [2.75, 3.05) is 18.8 Å². The molecule has 1 amide bonds. The molecule has 1 aliphatic rings. The van der Waals surface area contributed by atoms with Gasteiger partial charge < -0.3 is 10.0 Å². The molecule has 7 heteroatoms. The van der Waals surface area contributed by atoms with Crippen LogP contribution in [0, 0.1) is 5.41 Å². The summed E-state index contributed by atoms with van der Waals surface area (Å²) in [7, 11) is -3.25. The lowest BCUT2D eigenvalue weighted by Gasteiger charge is -2.37. The number of hydrogen-bond donors (Lipinski definition) is 1. The summed E-state index contributed by atoms with van der Waals surface area (Å²) in [4.78, 5) is 25.6. The quantitative estimate of drug-likeness (QED) is 0.870. The van der Waals surface area contributed by atoms with Crippen molar-refractivity contribution in [2.24, 2.45) is 5.41 Å². The van der Waals surface area contributed by atoms with Crippen LogP contribution in [0.5, 0.6) is 0 Å². The van der Waals surface area contributed by atoms with Crippen LogP contribution in [-0.4, -0.2) is 49.1 Å². The molecule has 0 aliphatic carbocycles. The molecule has 1 unspecified atom stereocenters. The van der Waals surface area contributed by atoms with E-state index in [0.717, 1.165) is 5.56 Å². The second-order valence-electron chi connectivity index (χ2n) is 6.51. The van der Waals surface area contributed by atoms with Crippen LogP contribution >= 0.6 is 0 Å². The number of amides is 1. The van der Waals surface area contributed by atoms with Gasteiger partial charge >= 0.3 is 5.97 Å². The molecule has 1 aromatic rings. The number of carboxylic acid groups (broad SMARTS) is 1. The molecule has 0 radical (unpaired) electrons. The fourth-order valence-corrected chi connectivity index (χ4v) is 3.78. The highest BCUT2D eigenvalue weighted by molar-refractivity contribution is 7.91. The first kappa shape index (κ1) is 18.4. The van der Waals surface area contributed by atoms with E-state index in [9.17, 15) is 23.1 Å². The van der Waals surface area contributed by atoms with Crippen molar-refractivity contribution < 1.29 is 23.1 Å². The molecule has 0 aromatic heterocycles. The summed E-state index contributed by atoms with van der Waals surface area (Å²) in [5.41, 5.74) is -0.176. The SMILES string of the molecule is CCS(=O)(=O)c1ccc(CC(=O)N2CCCC(C)(C(=O)O)C2)cc1. The Morgan fingerprint density at radius 2 is 1.88 bits per heavy atom. The van der Waals surface area contributed by atoms with Crippen LogP contribution in [0.4, 0.5) is 0 Å². The Labute approximate surface area is 142 Å². The molecule has 0 saturated carbocycles. The molecule has 1 heterocycles. The number of carbonyl (C=O) groups excluding carboxylic acids is 1. The van der Waals surface area contributed by atoms with E-state index < -0.39 is 21.2 Å². The van der Waals surface area contributed by atoms with E-state index in [1.165, 1.54) is 12.1 Å². The fraction of sp³-hybridized carbons (Fsp3) is 0.529. The standard InChI is InChI=1S/C17H23NO5S/c1-3-24(22,23)14-7-5-13(6-8-14)11-15(19)18-10-4-9-17(2,12-18)16(20)21/h5-8H,3-4,9-12H2,1-2H3,(H,20,21). The van der Waals surface area contributed by atoms with Gasteiger partial charge in [-0.1, -0.05) is 19.1 Å². The first-order valence-electron chi connectivity index (χ1n) is 8.01. The summed E-state index contributed by atoms with van der Waals surface area (Å²) in [5, 5.41) is 9.32. The molecule has 0 spiro atoms. The Balaban J connectivity index is 2.06. The van der Waals surface area contributed by atoms with Gasteiger partial charge in [0.15, 0.2) is 9.84 Å². The van der Waals surface area contributed by atoms with Crippen LogP contribution in [-0.2, 0) is 25.8 Å². The molecule has 24 heavy (non-hydrogen) atoms. The summed E-state index contributed by atoms with van der Waals surface area (Å²) < 4.78 is 23.6. The number of likely N-dealkylation sites (tertiary alicyclic amines) is 1. The molecule has 0 bridgehead atoms. The summed E-state index contributed by atoms with van der Waals surface area (Å²) in [5.74, 6) is -0.977. The van der Waals surface area contributed by atoms with E-state index in [-0.39, 0.29) is 29.5 Å². The van der Waals surface area contributed by atoms with Crippen LogP contribution < -0.4 is 0 Å². The molecular formula is C17H23NO5S. The number of carboxylic acids is 1. The third-order valence-electron chi connectivity index (χ3n) is 4.58. The Hall–Kier alpha value is -1.89. The van der Waals surface area contributed by atoms with Gasteiger partial charge in [-0.05, 0) is 37.5 Å². The zero-order valence-corrected chi connectivity index (χ0v) is 14.8. The van der Waals surface area contributed by atoms with Gasteiger partial charge in [-0.3, -0.25) is 9.59 Å². The summed E-state index contributed by atoms with van der Waals surface area (Å²) in [6.45, 7) is 4.02. The maximum Gasteiger partial charge on any atom is 0.311 e. The van der Waals surface area contributed by atoms with Crippen molar-refractivity contribution >= 4 is 21.7 Å². The third-order valence-corrected chi connectivity index (χ3v) is 6.33. The summed E-state index contributed by atoms with van der Waals surface area (Å²) in [6.07, 6.45) is 1.38. The Morgan fingerprint density at radius 3 is 2.42 bits per heavy atom. The van der Waals surface area contributed by atoms with Crippen molar-refractivity contribution in [3.63, 3.8) is 0 Å². The lowest BCUT2D eigenvalue weighted by Crippen LogP contribution is -2.48. The summed E-state index contributed by atoms with van der Waals surface area (Å²) >= 11 is 0. The molecule has 6 nitrogen and oxygen atoms in total. The van der Waals surface area contributed by atoms with Crippen LogP contribution in [0.25, 0.3) is 0 Å². The fourth-order valence-electron chi connectivity index (χ4n) is 2.89. The second kappa shape index (κ2) is 6.93. The van der Waals surface area contributed by atoms with Gasteiger partial charge in [0, 0.05) is 13.1 Å². The number of benzene rings is 1. The van der Waals surface area contributed by atoms with Crippen LogP contribution in [0.3, 0.4) is 0 Å². The number of nitrogens with zero attached hydrogens (tertiary/aromatic N) is 1. The molecule has 1 N–H and O–H groups in total. The number of hydrogen-bond acceptors (Lipinski definition) is 4. The zero-order valence-electron chi connectivity index (χ0n) is 14.0. The van der Waals surface area contributed by atoms with Gasteiger partial charge in [0.05, 0.1) is 22.5 Å². The number of rotatable bonds is 5. The van der Waals surface area contributed by atoms with Crippen LogP contribution in [0.15, 0.2) is 29.2 Å². The minimum absolute atomic E-state index is 0.0345. The largest absolute Gasteiger partial charge is 0.481 e. The van der Waals surface area contributed by atoms with Crippen molar-refractivity contribution in [2.45, 2.75) is 38.0 Å². The molecule has 132 valence electrons. The van der Waals surface area contributed by atoms with Gasteiger partial charge in [0.25, 0.3) is 0 Å². The van der Waals surface area contributed by atoms with E-state index >= 15 is 0 Å². The molecule has 1 aromatic carbocycles. The van der Waals surface area contributed by atoms with Crippen LogP contribution in [0.1, 0.15) is 32.3 Å². The monoisotopic (exact) mass is 353 g/mol. The lowest BCUT2D eigenvalue weighted by molar-refractivity contribution is -0.153. The predicted octanol–water partition coefficient (Wildman–Crippen LogP) is 1.74. The Kier molecular flexibility index (Phi) is 5.32. The molecule has 2 rings (SSSR count). The molecule has 1 saturated heterocycles. The molecule has 1 aliphatic heterocycles. The molecular weight excluding hydrogens is 330 g/mol. The van der Waals surface area contributed by atoms with Gasteiger partial charge in [-0.25, -0.2) is 8.42 Å². The number of piperidine rings is 1. The van der Waals surface area contributed by atoms with Crippen molar-refractivity contribution in [1.82, 2.24) is 4.90 Å². The van der Waals surface area contributed by atoms with Gasteiger partial charge in [-0.15, -0.1) is 0 Å². The maximum atomic E-state index is 12.4. The smallest absolute Gasteiger partial charge is 0.311 e. The highest BCUT2D eigenvalue weighted by atomic mass is 32.2. The van der Waals surface area contributed by atoms with Crippen molar-refractivity contribution in [1.29, 1.82) is 0 Å². The molecule has 1 atom stereocenters. The minimum atomic E-state index is -3.25. The highest BCUT2D eigenvalue weighted by Gasteiger charge is 2.39. The van der Waals surface area contributed by atoms with E-state index in [1.54, 1.807) is 30.9 Å². The summed E-state index contributed by atoms with van der Waals surface area (Å²) in [6, 6.07) is 6.31. The van der Waals surface area contributed by atoms with Gasteiger partial charge in [0.1, 0.15) is 0 Å².